The van der Waals surface area contributed by atoms with Crippen molar-refractivity contribution in [3.8, 4) is 0 Å². The summed E-state index contributed by atoms with van der Waals surface area (Å²) in [7, 11) is 2.27. The molecular weight excluding hydrogens is 224 g/mol. The largest absolute Gasteiger partial charge is 0.394 e. The molecule has 0 aromatic heterocycles. The van der Waals surface area contributed by atoms with Crippen LogP contribution in [-0.4, -0.2) is 48.3 Å². The molecule has 0 aliphatic heterocycles. The topological polar surface area (TPSA) is 35.5 Å². The minimum absolute atomic E-state index is 0.0827. The second-order valence-electron chi connectivity index (χ2n) is 6.13. The third-order valence-corrected chi connectivity index (χ3v) is 4.39. The Balaban J connectivity index is 2.13. The van der Waals surface area contributed by atoms with E-state index in [1.54, 1.807) is 0 Å². The van der Waals surface area contributed by atoms with Crippen LogP contribution in [0, 0.1) is 0 Å². The summed E-state index contributed by atoms with van der Waals surface area (Å²) in [5.74, 6) is 0. The molecule has 0 radical (unpaired) electrons. The zero-order valence-corrected chi connectivity index (χ0v) is 12.5. The Kier molecular flexibility index (Phi) is 7.20. The lowest BCUT2D eigenvalue weighted by Crippen LogP contribution is -2.45. The van der Waals surface area contributed by atoms with Crippen LogP contribution in [0.3, 0.4) is 0 Å². The van der Waals surface area contributed by atoms with Crippen LogP contribution in [0.25, 0.3) is 0 Å². The highest BCUT2D eigenvalue weighted by Crippen LogP contribution is 2.23. The van der Waals surface area contributed by atoms with Crippen LogP contribution >= 0.6 is 0 Å². The van der Waals surface area contributed by atoms with E-state index in [4.69, 9.17) is 0 Å². The third-order valence-electron chi connectivity index (χ3n) is 4.39. The Bertz CT molecular complexity index is 217. The van der Waals surface area contributed by atoms with Gasteiger partial charge in [-0.3, -0.25) is 0 Å². The molecule has 0 saturated heterocycles. The molecular formula is C15H32N2O. The van der Waals surface area contributed by atoms with Crippen molar-refractivity contribution in [1.82, 2.24) is 10.2 Å². The van der Waals surface area contributed by atoms with E-state index in [1.807, 2.05) is 0 Å². The number of hydrogen-bond donors (Lipinski definition) is 2. The van der Waals surface area contributed by atoms with Gasteiger partial charge in [0.05, 0.1) is 6.61 Å². The summed E-state index contributed by atoms with van der Waals surface area (Å²) in [6.45, 7) is 6.59. The summed E-state index contributed by atoms with van der Waals surface area (Å²) in [5.41, 5.74) is -0.0827. The summed E-state index contributed by atoms with van der Waals surface area (Å²) in [6.07, 6.45) is 9.12. The zero-order chi connectivity index (χ0) is 13.4. The van der Waals surface area contributed by atoms with Crippen molar-refractivity contribution in [2.75, 3.05) is 26.7 Å². The SMILES string of the molecule is CCNC(C)(CO)CCCCN(C)C1CCCC1. The molecule has 108 valence electrons. The molecule has 3 nitrogen and oxygen atoms in total. The van der Waals surface area contributed by atoms with Crippen molar-refractivity contribution in [2.24, 2.45) is 0 Å². The van der Waals surface area contributed by atoms with Crippen LogP contribution in [0.4, 0.5) is 0 Å². The van der Waals surface area contributed by atoms with E-state index < -0.39 is 0 Å². The average molecular weight is 256 g/mol. The van der Waals surface area contributed by atoms with Gasteiger partial charge in [-0.25, -0.2) is 0 Å². The van der Waals surface area contributed by atoms with Gasteiger partial charge in [0.25, 0.3) is 0 Å². The highest BCUT2D eigenvalue weighted by atomic mass is 16.3. The fourth-order valence-electron chi connectivity index (χ4n) is 3.05. The molecule has 0 aromatic carbocycles. The Morgan fingerprint density at radius 1 is 1.28 bits per heavy atom. The van der Waals surface area contributed by atoms with Gasteiger partial charge in [0.1, 0.15) is 0 Å². The Morgan fingerprint density at radius 3 is 2.50 bits per heavy atom. The fraction of sp³-hybridized carbons (Fsp3) is 1.00. The normalized spacial score (nSPS) is 20.5. The second-order valence-corrected chi connectivity index (χ2v) is 6.13. The van der Waals surface area contributed by atoms with Crippen LogP contribution < -0.4 is 5.32 Å². The van der Waals surface area contributed by atoms with Crippen LogP contribution in [0.1, 0.15) is 58.8 Å². The van der Waals surface area contributed by atoms with Crippen molar-refractivity contribution in [2.45, 2.75) is 70.4 Å². The first kappa shape index (κ1) is 15.9. The summed E-state index contributed by atoms with van der Waals surface area (Å²) in [5, 5.41) is 12.8. The number of likely N-dealkylation sites (N-methyl/N-ethyl adjacent to an activating group) is 1. The molecule has 0 heterocycles. The smallest absolute Gasteiger partial charge is 0.0610 e. The van der Waals surface area contributed by atoms with E-state index in [0.29, 0.717) is 0 Å². The number of aliphatic hydroxyl groups is 1. The van der Waals surface area contributed by atoms with Crippen molar-refractivity contribution in [1.29, 1.82) is 0 Å². The van der Waals surface area contributed by atoms with Crippen molar-refractivity contribution < 1.29 is 5.11 Å². The standard InChI is InChI=1S/C15H32N2O/c1-4-16-15(2,13-18)11-7-8-12-17(3)14-9-5-6-10-14/h14,16,18H,4-13H2,1-3H3. The highest BCUT2D eigenvalue weighted by Gasteiger charge is 2.22. The molecule has 0 aromatic rings. The van der Waals surface area contributed by atoms with E-state index in [2.05, 4.69) is 31.1 Å². The van der Waals surface area contributed by atoms with Gasteiger partial charge in [0, 0.05) is 11.6 Å². The summed E-state index contributed by atoms with van der Waals surface area (Å²) in [6, 6.07) is 0.836. The van der Waals surface area contributed by atoms with Crippen molar-refractivity contribution in [3.63, 3.8) is 0 Å². The average Bonchev–Trinajstić information content (AvgIpc) is 2.88. The predicted molar refractivity (Wildman–Crippen MR) is 77.9 cm³/mol. The predicted octanol–water partition coefficient (Wildman–Crippen LogP) is 2.39. The summed E-state index contributed by atoms with van der Waals surface area (Å²) < 4.78 is 0. The van der Waals surface area contributed by atoms with E-state index >= 15 is 0 Å². The minimum atomic E-state index is -0.0827. The molecule has 1 rings (SSSR count). The molecule has 1 saturated carbocycles. The monoisotopic (exact) mass is 256 g/mol. The maximum Gasteiger partial charge on any atom is 0.0610 e. The number of hydrogen-bond acceptors (Lipinski definition) is 3. The molecule has 1 aliphatic rings. The van der Waals surface area contributed by atoms with Crippen LogP contribution in [0.15, 0.2) is 0 Å². The number of rotatable bonds is 9. The molecule has 1 fully saturated rings. The van der Waals surface area contributed by atoms with Crippen LogP contribution in [0.5, 0.6) is 0 Å². The van der Waals surface area contributed by atoms with E-state index in [9.17, 15) is 5.11 Å². The molecule has 18 heavy (non-hydrogen) atoms. The molecule has 0 spiro atoms. The number of nitrogens with one attached hydrogen (secondary N) is 1. The maximum atomic E-state index is 9.42. The molecule has 1 aliphatic carbocycles. The van der Waals surface area contributed by atoms with Gasteiger partial charge >= 0.3 is 0 Å². The second kappa shape index (κ2) is 8.13. The lowest BCUT2D eigenvalue weighted by molar-refractivity contribution is 0.161. The Hall–Kier alpha value is -0.120. The molecule has 0 bridgehead atoms. The lowest BCUT2D eigenvalue weighted by Gasteiger charge is -2.29. The minimum Gasteiger partial charge on any atom is -0.394 e. The van der Waals surface area contributed by atoms with E-state index in [1.165, 1.54) is 45.1 Å². The van der Waals surface area contributed by atoms with E-state index in [0.717, 1.165) is 19.0 Å². The van der Waals surface area contributed by atoms with Crippen molar-refractivity contribution in [3.05, 3.63) is 0 Å². The first-order valence-corrected chi connectivity index (χ1v) is 7.67. The van der Waals surface area contributed by atoms with Gasteiger partial charge in [-0.1, -0.05) is 26.2 Å². The van der Waals surface area contributed by atoms with Gasteiger partial charge < -0.3 is 15.3 Å². The van der Waals surface area contributed by atoms with Crippen LogP contribution in [0.2, 0.25) is 0 Å². The van der Waals surface area contributed by atoms with Gasteiger partial charge in [0.15, 0.2) is 0 Å². The molecule has 1 unspecified atom stereocenters. The fourth-order valence-corrected chi connectivity index (χ4v) is 3.05. The van der Waals surface area contributed by atoms with Gasteiger partial charge in [-0.2, -0.15) is 0 Å². The maximum absolute atomic E-state index is 9.42. The highest BCUT2D eigenvalue weighted by molar-refractivity contribution is 4.82. The Morgan fingerprint density at radius 2 is 1.94 bits per heavy atom. The summed E-state index contributed by atoms with van der Waals surface area (Å²) in [4.78, 5) is 2.54. The first-order chi connectivity index (χ1) is 8.61. The molecule has 3 heteroatoms. The van der Waals surface area contributed by atoms with Gasteiger partial charge in [-0.05, 0) is 52.7 Å². The van der Waals surface area contributed by atoms with Gasteiger partial charge in [-0.15, -0.1) is 0 Å². The lowest BCUT2D eigenvalue weighted by atomic mass is 9.95. The molecule has 2 N–H and O–H groups in total. The number of unbranched alkanes of at least 4 members (excludes halogenated alkanes) is 1. The summed E-state index contributed by atoms with van der Waals surface area (Å²) >= 11 is 0. The quantitative estimate of drug-likeness (QED) is 0.622. The first-order valence-electron chi connectivity index (χ1n) is 7.67. The number of nitrogens with zero attached hydrogens (tertiary/aromatic N) is 1. The third kappa shape index (κ3) is 5.25. The zero-order valence-electron chi connectivity index (χ0n) is 12.5. The molecule has 1 atom stereocenters. The van der Waals surface area contributed by atoms with Crippen LogP contribution in [-0.2, 0) is 0 Å². The Labute approximate surface area is 113 Å². The van der Waals surface area contributed by atoms with E-state index in [-0.39, 0.29) is 12.1 Å². The van der Waals surface area contributed by atoms with Crippen molar-refractivity contribution >= 4 is 0 Å². The van der Waals surface area contributed by atoms with Gasteiger partial charge in [0.2, 0.25) is 0 Å². The molecule has 0 amide bonds. The number of aliphatic hydroxyl groups excluding tert-OH is 1.